The van der Waals surface area contributed by atoms with Crippen molar-refractivity contribution < 1.29 is 0 Å². The Morgan fingerprint density at radius 3 is 2.00 bits per heavy atom. The molecule has 1 heterocycles. The molecule has 0 radical (unpaired) electrons. The molecule has 1 fully saturated rings. The predicted molar refractivity (Wildman–Crippen MR) is 57.7 cm³/mol. The van der Waals surface area contributed by atoms with Gasteiger partial charge in [0.15, 0.2) is 0 Å². The van der Waals surface area contributed by atoms with Crippen molar-refractivity contribution in [2.75, 3.05) is 19.6 Å². The van der Waals surface area contributed by atoms with Crippen LogP contribution in [-0.4, -0.2) is 30.1 Å². The van der Waals surface area contributed by atoms with E-state index in [1.165, 1.54) is 25.9 Å². The fourth-order valence-electron chi connectivity index (χ4n) is 2.02. The molecule has 1 saturated heterocycles. The molecular weight excluding hydrogens is 160 g/mol. The van der Waals surface area contributed by atoms with Gasteiger partial charge in [0.05, 0.1) is 0 Å². The Bertz CT molecular complexity index is 163. The lowest BCUT2D eigenvalue weighted by atomic mass is 9.73. The van der Waals surface area contributed by atoms with E-state index >= 15 is 0 Å². The van der Waals surface area contributed by atoms with Crippen LogP contribution in [-0.2, 0) is 0 Å². The third kappa shape index (κ3) is 1.89. The van der Waals surface area contributed by atoms with Gasteiger partial charge >= 0.3 is 0 Å². The Labute approximate surface area is 82.5 Å². The first kappa shape index (κ1) is 11.0. The van der Waals surface area contributed by atoms with Crippen LogP contribution in [0.4, 0.5) is 0 Å². The van der Waals surface area contributed by atoms with Crippen LogP contribution in [0.2, 0.25) is 0 Å². The van der Waals surface area contributed by atoms with Crippen LogP contribution < -0.4 is 5.73 Å². The summed E-state index contributed by atoms with van der Waals surface area (Å²) in [6.07, 6.45) is 2.61. The van der Waals surface area contributed by atoms with Gasteiger partial charge in [-0.1, -0.05) is 13.8 Å². The molecule has 0 amide bonds. The number of rotatable bonds is 4. The van der Waals surface area contributed by atoms with E-state index in [1.54, 1.807) is 0 Å². The van der Waals surface area contributed by atoms with Gasteiger partial charge in [0.1, 0.15) is 0 Å². The zero-order valence-electron chi connectivity index (χ0n) is 9.56. The number of hydrogen-bond donors (Lipinski definition) is 1. The zero-order chi connectivity index (χ0) is 10.1. The summed E-state index contributed by atoms with van der Waals surface area (Å²) in [6.45, 7) is 12.3. The van der Waals surface area contributed by atoms with E-state index in [2.05, 4.69) is 32.6 Å². The summed E-state index contributed by atoms with van der Waals surface area (Å²) in [6, 6.07) is 0. The predicted octanol–water partition coefficient (Wildman–Crippen LogP) is 1.85. The monoisotopic (exact) mass is 184 g/mol. The number of nitrogens with two attached hydrogens (primary N) is 1. The van der Waals surface area contributed by atoms with Crippen molar-refractivity contribution in [3.05, 3.63) is 0 Å². The Morgan fingerprint density at radius 2 is 1.69 bits per heavy atom. The molecule has 78 valence electrons. The largest absolute Gasteiger partial charge is 0.329 e. The van der Waals surface area contributed by atoms with Crippen LogP contribution in [0.5, 0.6) is 0 Å². The third-order valence-corrected chi connectivity index (χ3v) is 3.91. The second-order valence-electron chi connectivity index (χ2n) is 5.08. The van der Waals surface area contributed by atoms with E-state index in [4.69, 9.17) is 5.73 Å². The second-order valence-corrected chi connectivity index (χ2v) is 5.08. The van der Waals surface area contributed by atoms with Crippen molar-refractivity contribution in [1.82, 2.24) is 4.90 Å². The molecule has 1 aliphatic heterocycles. The van der Waals surface area contributed by atoms with Crippen molar-refractivity contribution in [2.45, 2.75) is 46.1 Å². The van der Waals surface area contributed by atoms with Gasteiger partial charge in [-0.3, -0.25) is 4.90 Å². The highest BCUT2D eigenvalue weighted by Gasteiger charge is 2.44. The smallest absolute Gasteiger partial charge is 0.0275 e. The maximum absolute atomic E-state index is 5.75. The molecule has 0 aromatic rings. The third-order valence-electron chi connectivity index (χ3n) is 3.91. The van der Waals surface area contributed by atoms with Gasteiger partial charge < -0.3 is 5.73 Å². The molecule has 0 atom stereocenters. The molecule has 0 unspecified atom stereocenters. The van der Waals surface area contributed by atoms with Gasteiger partial charge in [0.25, 0.3) is 0 Å². The summed E-state index contributed by atoms with van der Waals surface area (Å²) in [5.41, 5.74) is 6.55. The number of hydrogen-bond acceptors (Lipinski definition) is 2. The van der Waals surface area contributed by atoms with Crippen molar-refractivity contribution in [2.24, 2.45) is 11.1 Å². The highest BCUT2D eigenvalue weighted by molar-refractivity contribution is 4.99. The first-order chi connectivity index (χ1) is 5.99. The molecular formula is C11H24N2. The summed E-state index contributed by atoms with van der Waals surface area (Å²) >= 11 is 0. The van der Waals surface area contributed by atoms with E-state index in [1.807, 2.05) is 0 Å². The molecule has 0 aliphatic carbocycles. The summed E-state index contributed by atoms with van der Waals surface area (Å²) in [4.78, 5) is 2.51. The summed E-state index contributed by atoms with van der Waals surface area (Å²) < 4.78 is 0. The first-order valence-corrected chi connectivity index (χ1v) is 5.45. The lowest BCUT2D eigenvalue weighted by molar-refractivity contribution is -0.0665. The molecule has 2 heteroatoms. The van der Waals surface area contributed by atoms with E-state index < -0.39 is 0 Å². The Morgan fingerprint density at radius 1 is 1.23 bits per heavy atom. The summed E-state index contributed by atoms with van der Waals surface area (Å²) in [5.74, 6) is 0. The van der Waals surface area contributed by atoms with Crippen LogP contribution in [0.25, 0.3) is 0 Å². The van der Waals surface area contributed by atoms with Gasteiger partial charge in [-0.05, 0) is 32.1 Å². The van der Waals surface area contributed by atoms with E-state index in [0.29, 0.717) is 5.41 Å². The van der Waals surface area contributed by atoms with Gasteiger partial charge in [-0.15, -0.1) is 0 Å². The first-order valence-electron chi connectivity index (χ1n) is 5.45. The van der Waals surface area contributed by atoms with Crippen molar-refractivity contribution >= 4 is 0 Å². The highest BCUT2D eigenvalue weighted by Crippen LogP contribution is 2.40. The number of nitrogens with zero attached hydrogens (tertiary/aromatic N) is 1. The van der Waals surface area contributed by atoms with Crippen molar-refractivity contribution in [1.29, 1.82) is 0 Å². The van der Waals surface area contributed by atoms with Crippen molar-refractivity contribution in [3.8, 4) is 0 Å². The molecule has 1 rings (SSSR count). The molecule has 0 spiro atoms. The SMILES string of the molecule is CCC1(CC)CN(C(C)(C)CN)C1. The lowest BCUT2D eigenvalue weighted by Crippen LogP contribution is -2.65. The van der Waals surface area contributed by atoms with Crippen LogP contribution in [0.1, 0.15) is 40.5 Å². The molecule has 0 aromatic heterocycles. The van der Waals surface area contributed by atoms with E-state index in [9.17, 15) is 0 Å². The van der Waals surface area contributed by atoms with E-state index in [0.717, 1.165) is 6.54 Å². The van der Waals surface area contributed by atoms with Gasteiger partial charge in [0.2, 0.25) is 0 Å². The average molecular weight is 184 g/mol. The fraction of sp³-hybridized carbons (Fsp3) is 1.00. The quantitative estimate of drug-likeness (QED) is 0.722. The summed E-state index contributed by atoms with van der Waals surface area (Å²) in [5, 5.41) is 0. The topological polar surface area (TPSA) is 29.3 Å². The lowest BCUT2D eigenvalue weighted by Gasteiger charge is -2.56. The van der Waals surface area contributed by atoms with Crippen LogP contribution in [0.15, 0.2) is 0 Å². The molecule has 0 bridgehead atoms. The van der Waals surface area contributed by atoms with Crippen LogP contribution in [0, 0.1) is 5.41 Å². The highest BCUT2D eigenvalue weighted by atomic mass is 15.3. The van der Waals surface area contributed by atoms with Crippen LogP contribution >= 0.6 is 0 Å². The normalized spacial score (nSPS) is 22.8. The standard InChI is InChI=1S/C11H24N2/c1-5-11(6-2)8-13(9-11)10(3,4)7-12/h5-9,12H2,1-4H3. The fourth-order valence-corrected chi connectivity index (χ4v) is 2.02. The number of likely N-dealkylation sites (tertiary alicyclic amines) is 1. The van der Waals surface area contributed by atoms with Crippen LogP contribution in [0.3, 0.4) is 0 Å². The van der Waals surface area contributed by atoms with Gasteiger partial charge in [-0.2, -0.15) is 0 Å². The summed E-state index contributed by atoms with van der Waals surface area (Å²) in [7, 11) is 0. The van der Waals surface area contributed by atoms with Gasteiger partial charge in [-0.25, -0.2) is 0 Å². The minimum Gasteiger partial charge on any atom is -0.329 e. The molecule has 0 saturated carbocycles. The molecule has 2 nitrogen and oxygen atoms in total. The molecule has 1 aliphatic rings. The Balaban J connectivity index is 2.48. The van der Waals surface area contributed by atoms with Crippen molar-refractivity contribution in [3.63, 3.8) is 0 Å². The minimum atomic E-state index is 0.202. The van der Waals surface area contributed by atoms with Gasteiger partial charge in [0, 0.05) is 25.2 Å². The average Bonchev–Trinajstić information content (AvgIpc) is 2.04. The molecule has 13 heavy (non-hydrogen) atoms. The Hall–Kier alpha value is -0.0800. The molecule has 0 aromatic carbocycles. The second kappa shape index (κ2) is 3.58. The Kier molecular flexibility index (Phi) is 3.03. The maximum Gasteiger partial charge on any atom is 0.0275 e. The maximum atomic E-state index is 5.75. The zero-order valence-corrected chi connectivity index (χ0v) is 9.56. The minimum absolute atomic E-state index is 0.202. The van der Waals surface area contributed by atoms with E-state index in [-0.39, 0.29) is 5.54 Å². The molecule has 2 N–H and O–H groups in total.